The Balaban J connectivity index is 2.29. The molecule has 0 aromatic carbocycles. The van der Waals surface area contributed by atoms with Gasteiger partial charge in [-0.3, -0.25) is 4.79 Å². The van der Waals surface area contributed by atoms with E-state index in [9.17, 15) is 4.79 Å². The minimum absolute atomic E-state index is 0.0814. The smallest absolute Gasteiger partial charge is 0.435 e. The minimum Gasteiger partial charge on any atom is -0.506 e. The Morgan fingerprint density at radius 2 is 2.64 bits per heavy atom. The van der Waals surface area contributed by atoms with Crippen molar-refractivity contribution in [1.82, 2.24) is 5.32 Å². The molecule has 2 atom stereocenters. The van der Waals surface area contributed by atoms with Crippen LogP contribution in [0.1, 0.15) is 0 Å². The zero-order valence-corrected chi connectivity index (χ0v) is 7.82. The Hall–Kier alpha value is -0.0126. The van der Waals surface area contributed by atoms with Gasteiger partial charge in [0.15, 0.2) is 7.28 Å². The number of hydrogen-bond acceptors (Lipinski definition) is 3. The molecule has 1 fully saturated rings. The molecule has 2 unspecified atom stereocenters. The summed E-state index contributed by atoms with van der Waals surface area (Å²) in [6.07, 6.45) is -0.752. The molecule has 0 aromatic rings. The molecule has 6 heteroatoms. The number of aliphatic hydroxyl groups is 1. The number of aliphatic hydroxyl groups excluding tert-OH is 1. The highest BCUT2D eigenvalue weighted by molar-refractivity contribution is 6.51. The Kier molecular flexibility index (Phi) is 3.40. The third-order valence-electron chi connectivity index (χ3n) is 1.67. The lowest BCUT2D eigenvalue weighted by atomic mass is 9.67. The average molecular weight is 170 g/mol. The van der Waals surface area contributed by atoms with Crippen molar-refractivity contribution in [3.63, 3.8) is 0 Å². The third-order valence-corrected chi connectivity index (χ3v) is 2.94. The van der Waals surface area contributed by atoms with E-state index in [0.717, 1.165) is 5.28 Å². The van der Waals surface area contributed by atoms with Crippen LogP contribution < -0.4 is 5.32 Å². The van der Waals surface area contributed by atoms with E-state index in [-0.39, 0.29) is 11.7 Å². The monoisotopic (exact) mass is 170 g/mol. The van der Waals surface area contributed by atoms with E-state index in [4.69, 9.17) is 8.90 Å². The summed E-state index contributed by atoms with van der Waals surface area (Å²) in [5.74, 6) is -0.210. The van der Waals surface area contributed by atoms with E-state index in [0.29, 0.717) is 0 Å². The summed E-state index contributed by atoms with van der Waals surface area (Å²) in [4.78, 5) is 11.0. The highest BCUT2D eigenvalue weighted by atomic mass is 27.1. The Morgan fingerprint density at radius 1 is 1.91 bits per heavy atom. The van der Waals surface area contributed by atoms with E-state index in [1.165, 1.54) is 0 Å². The van der Waals surface area contributed by atoms with Crippen LogP contribution in [0.15, 0.2) is 0 Å². The van der Waals surface area contributed by atoms with Crippen LogP contribution in [0.2, 0.25) is 11.1 Å². The molecule has 0 aliphatic carbocycles. The summed E-state index contributed by atoms with van der Waals surface area (Å²) in [6, 6.07) is 0. The molecule has 1 heterocycles. The second kappa shape index (κ2) is 4.12. The number of hydrogen-bond donors (Lipinski definition) is 2. The number of amides is 1. The molecule has 59 valence electrons. The molecular formula is C5H10AlBNO3. The van der Waals surface area contributed by atoms with Crippen LogP contribution in [0.4, 0.5) is 0 Å². The number of carbonyl (C=O) groups excluding carboxylic acids is 1. The average Bonchev–Trinajstić information content (AvgIpc) is 2.26. The maximum atomic E-state index is 11.0. The van der Waals surface area contributed by atoms with Crippen molar-refractivity contribution in [2.75, 3.05) is 7.11 Å². The molecule has 1 radical (unpaired) electrons. The molecule has 2 N–H and O–H groups in total. The van der Waals surface area contributed by atoms with Crippen LogP contribution in [0.5, 0.6) is 0 Å². The van der Waals surface area contributed by atoms with Crippen LogP contribution in [0, 0.1) is 0 Å². The van der Waals surface area contributed by atoms with Gasteiger partial charge in [-0.05, 0) is 0 Å². The fourth-order valence-electron chi connectivity index (χ4n) is 1.08. The lowest BCUT2D eigenvalue weighted by Gasteiger charge is -2.00. The summed E-state index contributed by atoms with van der Waals surface area (Å²) in [5.41, 5.74) is 0. The molecule has 0 bridgehead atoms. The van der Waals surface area contributed by atoms with Crippen LogP contribution in [0.3, 0.4) is 0 Å². The molecule has 0 spiro atoms. The largest absolute Gasteiger partial charge is 0.506 e. The summed E-state index contributed by atoms with van der Waals surface area (Å²) in [6.45, 7) is 0. The van der Waals surface area contributed by atoms with Gasteiger partial charge in [-0.25, -0.2) is 0 Å². The molecule has 1 aliphatic rings. The highest BCUT2D eigenvalue weighted by Crippen LogP contribution is 2.15. The zero-order chi connectivity index (χ0) is 8.27. The lowest BCUT2D eigenvalue weighted by Crippen LogP contribution is -2.26. The first-order chi connectivity index (χ1) is 5.24. The summed E-state index contributed by atoms with van der Waals surface area (Å²) in [7, 11) is 3.27. The van der Waals surface area contributed by atoms with Gasteiger partial charge in [0.25, 0.3) is 0 Å². The first-order valence-corrected chi connectivity index (χ1v) is 5.14. The fourth-order valence-corrected chi connectivity index (χ4v) is 2.02. The Morgan fingerprint density at radius 3 is 3.09 bits per heavy atom. The third kappa shape index (κ3) is 2.49. The number of nitrogens with one attached hydrogen (secondary N) is 1. The summed E-state index contributed by atoms with van der Waals surface area (Å²) < 4.78 is 4.94. The summed E-state index contributed by atoms with van der Waals surface area (Å²) >= 11 is -0.565. The van der Waals surface area contributed by atoms with Gasteiger partial charge in [-0.1, -0.05) is 5.28 Å². The van der Waals surface area contributed by atoms with Gasteiger partial charge in [0, 0.05) is 12.9 Å². The van der Waals surface area contributed by atoms with Crippen molar-refractivity contribution in [3.05, 3.63) is 0 Å². The van der Waals surface area contributed by atoms with Gasteiger partial charge in [0.2, 0.25) is 5.91 Å². The van der Waals surface area contributed by atoms with Crippen LogP contribution >= 0.6 is 0 Å². The molecule has 0 saturated carbocycles. The topological polar surface area (TPSA) is 58.6 Å². The summed E-state index contributed by atoms with van der Waals surface area (Å²) in [5, 5.41) is 12.1. The predicted molar refractivity (Wildman–Crippen MR) is 42.6 cm³/mol. The van der Waals surface area contributed by atoms with E-state index in [2.05, 4.69) is 5.32 Å². The second-order valence-electron chi connectivity index (χ2n) is 2.53. The van der Waals surface area contributed by atoms with E-state index >= 15 is 0 Å². The van der Waals surface area contributed by atoms with Gasteiger partial charge in [-0.2, -0.15) is 0 Å². The van der Waals surface area contributed by atoms with E-state index in [1.54, 1.807) is 14.4 Å². The molecule has 11 heavy (non-hydrogen) atoms. The van der Waals surface area contributed by atoms with Gasteiger partial charge >= 0.3 is 15.6 Å². The number of carbonyl (C=O) groups is 1. The maximum absolute atomic E-state index is 11.0. The first kappa shape index (κ1) is 9.08. The molecule has 1 rings (SSSR count). The standard InChI is InChI=1S/C4H6BNO2.CH3O.Al.H/c1-2-3(7)6-4(8)5-2;1-2;;/h2,4,8H,1H2,(H,6,7);1H3;;/q;-1;+1;. The van der Waals surface area contributed by atoms with Crippen LogP contribution in [0.25, 0.3) is 0 Å². The maximum Gasteiger partial charge on any atom is 0.435 e. The highest BCUT2D eigenvalue weighted by Gasteiger charge is 2.31. The fraction of sp³-hybridized carbons (Fsp3) is 0.800. The molecular weight excluding hydrogens is 160 g/mol. The van der Waals surface area contributed by atoms with Gasteiger partial charge in [-0.15, -0.1) is 0 Å². The van der Waals surface area contributed by atoms with Crippen molar-refractivity contribution in [2.45, 2.75) is 17.2 Å². The van der Waals surface area contributed by atoms with Crippen LogP contribution in [-0.2, 0) is 8.58 Å². The van der Waals surface area contributed by atoms with Crippen molar-refractivity contribution in [1.29, 1.82) is 0 Å². The van der Waals surface area contributed by atoms with E-state index < -0.39 is 21.7 Å². The normalized spacial score (nSPS) is 29.5. The Bertz CT molecular complexity index is 157. The van der Waals surface area contributed by atoms with Crippen molar-refractivity contribution in [3.8, 4) is 0 Å². The van der Waals surface area contributed by atoms with Crippen molar-refractivity contribution >= 4 is 28.7 Å². The quantitative estimate of drug-likeness (QED) is 0.496. The van der Waals surface area contributed by atoms with Gasteiger partial charge in [0.05, 0.1) is 6.13 Å². The molecule has 4 nitrogen and oxygen atoms in total. The van der Waals surface area contributed by atoms with Crippen molar-refractivity contribution < 1.29 is 13.7 Å². The minimum atomic E-state index is -0.752. The molecule has 1 saturated heterocycles. The van der Waals surface area contributed by atoms with E-state index in [1.807, 2.05) is 0 Å². The van der Waals surface area contributed by atoms with Crippen LogP contribution in [-0.4, -0.2) is 47.1 Å². The zero-order valence-electron chi connectivity index (χ0n) is 6.41. The van der Waals surface area contributed by atoms with Gasteiger partial charge in [0.1, 0.15) is 0 Å². The first-order valence-electron chi connectivity index (χ1n) is 3.56. The number of rotatable bonds is 3. The molecule has 1 amide bonds. The lowest BCUT2D eigenvalue weighted by molar-refractivity contribution is -0.121. The van der Waals surface area contributed by atoms with Gasteiger partial charge < -0.3 is 14.2 Å². The SMILES string of the molecule is C[O][AlH][CH2]C1[B]C(O)NC1=O. The van der Waals surface area contributed by atoms with Crippen molar-refractivity contribution in [2.24, 2.45) is 0 Å². The molecule has 0 aromatic heterocycles. The molecule has 1 aliphatic heterocycles. The Labute approximate surface area is 72.6 Å². The second-order valence-corrected chi connectivity index (χ2v) is 4.10. The predicted octanol–water partition coefficient (Wildman–Crippen LogP) is -1.70.